The summed E-state index contributed by atoms with van der Waals surface area (Å²) in [6, 6.07) is 9.16. The monoisotopic (exact) mass is 307 g/mol. The number of sulfone groups is 1. The Balaban J connectivity index is 1.71. The summed E-state index contributed by atoms with van der Waals surface area (Å²) in [4.78, 5) is 0. The molecule has 1 aliphatic heterocycles. The van der Waals surface area contributed by atoms with Gasteiger partial charge >= 0.3 is 0 Å². The maximum atomic E-state index is 11.6. The van der Waals surface area contributed by atoms with Gasteiger partial charge in [-0.15, -0.1) is 0 Å². The second-order valence-electron chi connectivity index (χ2n) is 6.64. The van der Waals surface area contributed by atoms with E-state index in [0.717, 1.165) is 18.8 Å². The van der Waals surface area contributed by atoms with Gasteiger partial charge < -0.3 is 5.32 Å². The largest absolute Gasteiger partial charge is 0.313 e. The van der Waals surface area contributed by atoms with E-state index in [1.807, 2.05) is 7.05 Å². The minimum absolute atomic E-state index is 0.267. The Morgan fingerprint density at radius 2 is 2.10 bits per heavy atom. The molecule has 1 heterocycles. The van der Waals surface area contributed by atoms with Gasteiger partial charge in [0, 0.05) is 6.04 Å². The molecule has 1 aromatic carbocycles. The van der Waals surface area contributed by atoms with Crippen molar-refractivity contribution in [2.24, 2.45) is 5.92 Å². The third kappa shape index (κ3) is 3.49. The van der Waals surface area contributed by atoms with Crippen LogP contribution in [0.2, 0.25) is 0 Å². The highest BCUT2D eigenvalue weighted by Gasteiger charge is 2.30. The molecule has 1 saturated heterocycles. The van der Waals surface area contributed by atoms with Crippen LogP contribution in [0.3, 0.4) is 0 Å². The van der Waals surface area contributed by atoms with Crippen molar-refractivity contribution >= 4 is 9.84 Å². The minimum Gasteiger partial charge on any atom is -0.313 e. The lowest BCUT2D eigenvalue weighted by molar-refractivity contribution is 0.416. The van der Waals surface area contributed by atoms with Gasteiger partial charge in [-0.3, -0.25) is 0 Å². The maximum absolute atomic E-state index is 11.6. The van der Waals surface area contributed by atoms with Gasteiger partial charge in [0.25, 0.3) is 0 Å². The molecular formula is C17H25NO2S. The second kappa shape index (κ2) is 6.09. The van der Waals surface area contributed by atoms with Crippen molar-refractivity contribution in [3.05, 3.63) is 35.4 Å². The lowest BCUT2D eigenvalue weighted by Gasteiger charge is -2.27. The summed E-state index contributed by atoms with van der Waals surface area (Å²) < 4.78 is 23.2. The maximum Gasteiger partial charge on any atom is 0.150 e. The molecule has 2 fully saturated rings. The van der Waals surface area contributed by atoms with E-state index in [2.05, 4.69) is 29.6 Å². The molecule has 1 aromatic rings. The molecule has 0 amide bonds. The summed E-state index contributed by atoms with van der Waals surface area (Å²) >= 11 is 0. The molecule has 1 saturated carbocycles. The van der Waals surface area contributed by atoms with Crippen LogP contribution in [0.5, 0.6) is 0 Å². The van der Waals surface area contributed by atoms with Crippen molar-refractivity contribution in [1.29, 1.82) is 0 Å². The summed E-state index contributed by atoms with van der Waals surface area (Å²) in [6.07, 6.45) is 5.72. The fourth-order valence-electron chi connectivity index (χ4n) is 3.58. The Morgan fingerprint density at radius 1 is 1.29 bits per heavy atom. The van der Waals surface area contributed by atoms with E-state index >= 15 is 0 Å². The van der Waals surface area contributed by atoms with Gasteiger partial charge in [-0.05, 0) is 55.7 Å². The van der Waals surface area contributed by atoms with Crippen LogP contribution in [0, 0.1) is 5.92 Å². The van der Waals surface area contributed by atoms with E-state index in [1.54, 1.807) is 0 Å². The van der Waals surface area contributed by atoms with Crippen LogP contribution in [0.15, 0.2) is 24.3 Å². The summed E-state index contributed by atoms with van der Waals surface area (Å²) in [6.45, 7) is 0. The Kier molecular flexibility index (Phi) is 4.36. The number of rotatable bonds is 5. The van der Waals surface area contributed by atoms with Crippen molar-refractivity contribution in [1.82, 2.24) is 5.32 Å². The zero-order valence-corrected chi connectivity index (χ0v) is 13.5. The Morgan fingerprint density at radius 3 is 2.67 bits per heavy atom. The van der Waals surface area contributed by atoms with Crippen LogP contribution in [0.25, 0.3) is 0 Å². The zero-order valence-electron chi connectivity index (χ0n) is 12.7. The molecule has 3 rings (SSSR count). The average molecular weight is 307 g/mol. The fraction of sp³-hybridized carbons (Fsp3) is 0.647. The van der Waals surface area contributed by atoms with Crippen LogP contribution in [0.4, 0.5) is 0 Å². The fourth-order valence-corrected chi connectivity index (χ4v) is 5.46. The highest BCUT2D eigenvalue weighted by molar-refractivity contribution is 7.91. The van der Waals surface area contributed by atoms with Gasteiger partial charge in [0.15, 0.2) is 9.84 Å². The van der Waals surface area contributed by atoms with Gasteiger partial charge in [0.2, 0.25) is 0 Å². The highest BCUT2D eigenvalue weighted by Crippen LogP contribution is 2.37. The third-order valence-corrected chi connectivity index (χ3v) is 6.97. The normalized spacial score (nSPS) is 26.4. The van der Waals surface area contributed by atoms with Crippen LogP contribution in [-0.2, 0) is 9.84 Å². The molecule has 21 heavy (non-hydrogen) atoms. The number of hydrogen-bond donors (Lipinski definition) is 1. The van der Waals surface area contributed by atoms with Crippen LogP contribution < -0.4 is 5.32 Å². The highest BCUT2D eigenvalue weighted by atomic mass is 32.2. The predicted molar refractivity (Wildman–Crippen MR) is 86.2 cm³/mol. The van der Waals surface area contributed by atoms with Crippen molar-refractivity contribution < 1.29 is 8.42 Å². The van der Waals surface area contributed by atoms with E-state index in [4.69, 9.17) is 0 Å². The first-order chi connectivity index (χ1) is 10.1. The number of hydrogen-bond acceptors (Lipinski definition) is 3. The molecule has 0 aromatic heterocycles. The molecular weight excluding hydrogens is 282 g/mol. The van der Waals surface area contributed by atoms with Crippen LogP contribution in [-0.4, -0.2) is 27.0 Å². The first kappa shape index (κ1) is 15.0. The molecule has 1 N–H and O–H groups in total. The summed E-state index contributed by atoms with van der Waals surface area (Å²) in [5.41, 5.74) is 2.77. The Hall–Kier alpha value is -0.870. The molecule has 2 aliphatic rings. The van der Waals surface area contributed by atoms with Crippen molar-refractivity contribution in [3.63, 3.8) is 0 Å². The number of benzene rings is 1. The molecule has 0 radical (unpaired) electrons. The lowest BCUT2D eigenvalue weighted by Crippen LogP contribution is -2.21. The molecule has 3 nitrogen and oxygen atoms in total. The van der Waals surface area contributed by atoms with E-state index in [-0.39, 0.29) is 6.04 Å². The standard InChI is InChI=1S/C17H25NO2S/c1-18-17(10-13-8-9-21(19,20)12-13)16-7-3-6-15(11-16)14-4-2-5-14/h3,6-7,11,13-14,17-18H,2,4-5,8-10,12H2,1H3. The van der Waals surface area contributed by atoms with Crippen LogP contribution >= 0.6 is 0 Å². The smallest absolute Gasteiger partial charge is 0.150 e. The Bertz CT molecular complexity index is 593. The van der Waals surface area contributed by atoms with Gasteiger partial charge in [0.1, 0.15) is 0 Å². The van der Waals surface area contributed by atoms with Gasteiger partial charge in [0.05, 0.1) is 11.5 Å². The van der Waals surface area contributed by atoms with Gasteiger partial charge in [-0.2, -0.15) is 0 Å². The van der Waals surface area contributed by atoms with Crippen molar-refractivity contribution in [2.45, 2.75) is 44.1 Å². The van der Waals surface area contributed by atoms with Gasteiger partial charge in [-0.1, -0.05) is 30.7 Å². The van der Waals surface area contributed by atoms with Crippen molar-refractivity contribution in [3.8, 4) is 0 Å². The molecule has 0 spiro atoms. The van der Waals surface area contributed by atoms with E-state index in [1.165, 1.54) is 30.4 Å². The number of nitrogens with one attached hydrogen (secondary N) is 1. The Labute approximate surface area is 128 Å². The first-order valence-electron chi connectivity index (χ1n) is 8.05. The third-order valence-electron chi connectivity index (χ3n) is 5.13. The minimum atomic E-state index is -2.78. The molecule has 116 valence electrons. The topological polar surface area (TPSA) is 46.2 Å². The second-order valence-corrected chi connectivity index (χ2v) is 8.87. The summed E-state index contributed by atoms with van der Waals surface area (Å²) in [7, 11) is -0.799. The summed E-state index contributed by atoms with van der Waals surface area (Å²) in [5, 5.41) is 3.38. The molecule has 2 unspecified atom stereocenters. The molecule has 1 aliphatic carbocycles. The van der Waals surface area contributed by atoms with E-state index in [0.29, 0.717) is 17.4 Å². The van der Waals surface area contributed by atoms with E-state index in [9.17, 15) is 8.42 Å². The molecule has 2 atom stereocenters. The van der Waals surface area contributed by atoms with Gasteiger partial charge in [-0.25, -0.2) is 8.42 Å². The van der Waals surface area contributed by atoms with Crippen molar-refractivity contribution in [2.75, 3.05) is 18.6 Å². The quantitative estimate of drug-likeness (QED) is 0.909. The van der Waals surface area contributed by atoms with E-state index < -0.39 is 9.84 Å². The molecule has 4 heteroatoms. The zero-order chi connectivity index (χ0) is 14.9. The summed E-state index contributed by atoms with van der Waals surface area (Å²) in [5.74, 6) is 1.79. The van der Waals surface area contributed by atoms with Crippen LogP contribution in [0.1, 0.15) is 55.2 Å². The average Bonchev–Trinajstić information content (AvgIpc) is 2.74. The molecule has 0 bridgehead atoms. The lowest BCUT2D eigenvalue weighted by atomic mass is 9.79. The predicted octanol–water partition coefficient (Wildman–Crippen LogP) is 3.04. The SMILES string of the molecule is CNC(CC1CCS(=O)(=O)C1)c1cccc(C2CCC2)c1. The first-order valence-corrected chi connectivity index (χ1v) is 9.87.